The second kappa shape index (κ2) is 4.84. The summed E-state index contributed by atoms with van der Waals surface area (Å²) in [7, 11) is 1.64. The highest BCUT2D eigenvalue weighted by atomic mass is 16.5. The van der Waals surface area contributed by atoms with E-state index in [1.165, 1.54) is 11.1 Å². The third kappa shape index (κ3) is 2.24. The molecule has 2 aromatic rings. The Hall–Kier alpha value is -2.16. The lowest BCUT2D eigenvalue weighted by atomic mass is 9.78. The Balaban J connectivity index is 1.68. The van der Waals surface area contributed by atoms with Crippen molar-refractivity contribution >= 4 is 5.69 Å². The number of hydrogen-bond acceptors (Lipinski definition) is 3. The molecule has 19 heavy (non-hydrogen) atoms. The van der Waals surface area contributed by atoms with E-state index >= 15 is 0 Å². The molecule has 0 amide bonds. The molecule has 0 aliphatic heterocycles. The fourth-order valence-electron chi connectivity index (χ4n) is 2.47. The summed E-state index contributed by atoms with van der Waals surface area (Å²) >= 11 is 0. The zero-order valence-corrected chi connectivity index (χ0v) is 10.9. The first-order valence-electron chi connectivity index (χ1n) is 6.42. The van der Waals surface area contributed by atoms with E-state index in [9.17, 15) is 0 Å². The van der Waals surface area contributed by atoms with Crippen LogP contribution in [0, 0.1) is 0 Å². The Morgan fingerprint density at radius 3 is 2.84 bits per heavy atom. The van der Waals surface area contributed by atoms with E-state index in [1.54, 1.807) is 7.11 Å². The minimum atomic E-state index is 0.474. The summed E-state index contributed by atoms with van der Waals surface area (Å²) in [5, 5.41) is 0. The molecule has 1 aliphatic rings. The van der Waals surface area contributed by atoms with Crippen molar-refractivity contribution < 1.29 is 9.47 Å². The van der Waals surface area contributed by atoms with Gasteiger partial charge in [0.15, 0.2) is 0 Å². The highest BCUT2D eigenvalue weighted by Gasteiger charge is 2.26. The predicted molar refractivity (Wildman–Crippen MR) is 75.8 cm³/mol. The van der Waals surface area contributed by atoms with E-state index in [1.807, 2.05) is 18.2 Å². The van der Waals surface area contributed by atoms with Gasteiger partial charge in [-0.05, 0) is 29.7 Å². The smallest absolute Gasteiger partial charge is 0.145 e. The van der Waals surface area contributed by atoms with E-state index in [0.29, 0.717) is 24.0 Å². The number of fused-ring (bicyclic) bond motifs is 1. The summed E-state index contributed by atoms with van der Waals surface area (Å²) in [5.74, 6) is 1.93. The Labute approximate surface area is 113 Å². The molecular weight excluding hydrogens is 238 g/mol. The SMILES string of the molecule is COc1ccc(N)c(OCC2Cc3ccccc32)c1. The maximum atomic E-state index is 5.90. The minimum Gasteiger partial charge on any atom is -0.497 e. The number of methoxy groups -OCH3 is 1. The van der Waals surface area contributed by atoms with Gasteiger partial charge in [0.1, 0.15) is 11.5 Å². The zero-order chi connectivity index (χ0) is 13.2. The number of rotatable bonds is 4. The molecule has 3 heteroatoms. The molecule has 0 aromatic heterocycles. The van der Waals surface area contributed by atoms with E-state index in [4.69, 9.17) is 15.2 Å². The Bertz CT molecular complexity index is 595. The standard InChI is InChI=1S/C16H17NO2/c1-18-13-6-7-15(17)16(9-13)19-10-12-8-11-4-2-3-5-14(11)12/h2-7,9,12H,8,10,17H2,1H3. The Morgan fingerprint density at radius 2 is 2.05 bits per heavy atom. The molecule has 0 heterocycles. The van der Waals surface area contributed by atoms with Crippen molar-refractivity contribution in [3.63, 3.8) is 0 Å². The van der Waals surface area contributed by atoms with Gasteiger partial charge >= 0.3 is 0 Å². The average molecular weight is 255 g/mol. The van der Waals surface area contributed by atoms with Crippen molar-refractivity contribution in [1.29, 1.82) is 0 Å². The number of nitrogen functional groups attached to an aromatic ring is 1. The average Bonchev–Trinajstić information content (AvgIpc) is 2.42. The normalized spacial score (nSPS) is 16.4. The van der Waals surface area contributed by atoms with Crippen LogP contribution in [0.15, 0.2) is 42.5 Å². The molecule has 0 spiro atoms. The fraction of sp³-hybridized carbons (Fsp3) is 0.250. The second-order valence-electron chi connectivity index (χ2n) is 4.81. The molecule has 98 valence electrons. The lowest BCUT2D eigenvalue weighted by Gasteiger charge is -2.30. The van der Waals surface area contributed by atoms with E-state index < -0.39 is 0 Å². The van der Waals surface area contributed by atoms with E-state index in [-0.39, 0.29) is 0 Å². The number of anilines is 1. The lowest BCUT2D eigenvalue weighted by Crippen LogP contribution is -2.23. The van der Waals surface area contributed by atoms with Crippen LogP contribution < -0.4 is 15.2 Å². The van der Waals surface area contributed by atoms with Gasteiger partial charge < -0.3 is 15.2 Å². The highest BCUT2D eigenvalue weighted by molar-refractivity contribution is 5.55. The first-order valence-corrected chi connectivity index (χ1v) is 6.42. The van der Waals surface area contributed by atoms with Gasteiger partial charge in [-0.25, -0.2) is 0 Å². The summed E-state index contributed by atoms with van der Waals surface area (Å²) in [5.41, 5.74) is 9.37. The van der Waals surface area contributed by atoms with Crippen LogP contribution >= 0.6 is 0 Å². The Kier molecular flexibility index (Phi) is 3.03. The third-order valence-corrected chi connectivity index (χ3v) is 3.62. The first kappa shape index (κ1) is 11.9. The molecule has 0 bridgehead atoms. The first-order chi connectivity index (χ1) is 9.28. The zero-order valence-electron chi connectivity index (χ0n) is 10.9. The molecule has 1 aliphatic carbocycles. The predicted octanol–water partition coefficient (Wildman–Crippen LogP) is 3.00. The topological polar surface area (TPSA) is 44.5 Å². The lowest BCUT2D eigenvalue weighted by molar-refractivity contribution is 0.275. The molecule has 2 aromatic carbocycles. The number of nitrogens with two attached hydrogens (primary N) is 1. The van der Waals surface area contributed by atoms with Gasteiger partial charge in [0, 0.05) is 12.0 Å². The fourth-order valence-corrected chi connectivity index (χ4v) is 2.47. The van der Waals surface area contributed by atoms with Crippen LogP contribution in [0.1, 0.15) is 17.0 Å². The monoisotopic (exact) mass is 255 g/mol. The van der Waals surface area contributed by atoms with Gasteiger partial charge in [-0.1, -0.05) is 24.3 Å². The van der Waals surface area contributed by atoms with Crippen LogP contribution in [0.5, 0.6) is 11.5 Å². The van der Waals surface area contributed by atoms with E-state index in [2.05, 4.69) is 24.3 Å². The summed E-state index contributed by atoms with van der Waals surface area (Å²) in [4.78, 5) is 0. The van der Waals surface area contributed by atoms with Gasteiger partial charge in [-0.2, -0.15) is 0 Å². The maximum absolute atomic E-state index is 5.90. The van der Waals surface area contributed by atoms with Crippen molar-refractivity contribution in [2.75, 3.05) is 19.5 Å². The summed E-state index contributed by atoms with van der Waals surface area (Å²) in [6.07, 6.45) is 1.08. The van der Waals surface area contributed by atoms with Crippen LogP contribution in [0.3, 0.4) is 0 Å². The maximum Gasteiger partial charge on any atom is 0.145 e. The van der Waals surface area contributed by atoms with Gasteiger partial charge in [0.2, 0.25) is 0 Å². The molecule has 0 fully saturated rings. The van der Waals surface area contributed by atoms with Crippen LogP contribution in [-0.4, -0.2) is 13.7 Å². The van der Waals surface area contributed by atoms with Gasteiger partial charge in [-0.3, -0.25) is 0 Å². The molecule has 1 atom stereocenters. The minimum absolute atomic E-state index is 0.474. The Morgan fingerprint density at radius 1 is 1.21 bits per heavy atom. The van der Waals surface area contributed by atoms with Crippen LogP contribution in [0.2, 0.25) is 0 Å². The van der Waals surface area contributed by atoms with Gasteiger partial charge in [0.05, 0.1) is 19.4 Å². The van der Waals surface area contributed by atoms with E-state index in [0.717, 1.165) is 12.2 Å². The molecule has 1 unspecified atom stereocenters. The number of hydrogen-bond donors (Lipinski definition) is 1. The molecule has 0 saturated carbocycles. The van der Waals surface area contributed by atoms with Crippen molar-refractivity contribution in [2.24, 2.45) is 0 Å². The summed E-state index contributed by atoms with van der Waals surface area (Å²) < 4.78 is 11.0. The number of benzene rings is 2. The second-order valence-corrected chi connectivity index (χ2v) is 4.81. The van der Waals surface area contributed by atoms with Gasteiger partial charge in [0.25, 0.3) is 0 Å². The molecule has 3 nitrogen and oxygen atoms in total. The number of ether oxygens (including phenoxy) is 2. The third-order valence-electron chi connectivity index (χ3n) is 3.62. The van der Waals surface area contributed by atoms with Crippen LogP contribution in [-0.2, 0) is 6.42 Å². The van der Waals surface area contributed by atoms with Crippen molar-refractivity contribution in [3.8, 4) is 11.5 Å². The molecule has 0 radical (unpaired) electrons. The quantitative estimate of drug-likeness (QED) is 0.854. The summed E-state index contributed by atoms with van der Waals surface area (Å²) in [6.45, 7) is 0.661. The van der Waals surface area contributed by atoms with Crippen LogP contribution in [0.4, 0.5) is 5.69 Å². The van der Waals surface area contributed by atoms with Crippen molar-refractivity contribution in [2.45, 2.75) is 12.3 Å². The largest absolute Gasteiger partial charge is 0.497 e. The van der Waals surface area contributed by atoms with Crippen molar-refractivity contribution in [3.05, 3.63) is 53.6 Å². The molecule has 2 N–H and O–H groups in total. The van der Waals surface area contributed by atoms with Crippen molar-refractivity contribution in [1.82, 2.24) is 0 Å². The molecule has 0 saturated heterocycles. The van der Waals surface area contributed by atoms with Crippen LogP contribution in [0.25, 0.3) is 0 Å². The van der Waals surface area contributed by atoms with Gasteiger partial charge in [-0.15, -0.1) is 0 Å². The highest BCUT2D eigenvalue weighted by Crippen LogP contribution is 2.36. The molecule has 3 rings (SSSR count). The summed E-state index contributed by atoms with van der Waals surface area (Å²) in [6, 6.07) is 14.0. The molecular formula is C16H17NO2.